The minimum Gasteiger partial charge on any atom is -0.481 e. The summed E-state index contributed by atoms with van der Waals surface area (Å²) in [4.78, 5) is 10.3. The Kier molecular flexibility index (Phi) is 13.3. The molecule has 0 saturated heterocycles. The maximum absolute atomic E-state index is 10.3. The Labute approximate surface area is 112 Å². The molecular weight excluding hydrogens is 224 g/mol. The van der Waals surface area contributed by atoms with Gasteiger partial charge in [0, 0.05) is 19.3 Å². The second-order valence-electron chi connectivity index (χ2n) is 4.83. The van der Waals surface area contributed by atoms with E-state index >= 15 is 0 Å². The van der Waals surface area contributed by atoms with Gasteiger partial charge in [-0.1, -0.05) is 45.4 Å². The van der Waals surface area contributed by atoms with Crippen molar-refractivity contribution >= 4 is 5.97 Å². The molecule has 0 saturated carbocycles. The number of unbranched alkanes of at least 4 members (excludes halogenated alkanes) is 9. The third kappa shape index (κ3) is 15.0. The fraction of sp³-hybridized carbons (Fsp3) is 0.812. The van der Waals surface area contributed by atoms with Crippen molar-refractivity contribution in [2.75, 3.05) is 0 Å². The van der Waals surface area contributed by atoms with E-state index in [4.69, 9.17) is 5.11 Å². The molecule has 0 radical (unpaired) electrons. The summed E-state index contributed by atoms with van der Waals surface area (Å²) < 4.78 is 0. The summed E-state index contributed by atoms with van der Waals surface area (Å²) in [7, 11) is 0. The molecule has 0 amide bonds. The smallest absolute Gasteiger partial charge is 0.303 e. The summed E-state index contributed by atoms with van der Waals surface area (Å²) >= 11 is 0. The Balaban J connectivity index is 3.08. The van der Waals surface area contributed by atoms with E-state index in [2.05, 4.69) is 18.8 Å². The van der Waals surface area contributed by atoms with Crippen molar-refractivity contribution in [3.05, 3.63) is 0 Å². The van der Waals surface area contributed by atoms with Gasteiger partial charge >= 0.3 is 5.97 Å². The van der Waals surface area contributed by atoms with Crippen LogP contribution in [0.5, 0.6) is 0 Å². The molecule has 0 heterocycles. The lowest BCUT2D eigenvalue weighted by Crippen LogP contribution is -1.93. The molecule has 0 rings (SSSR count). The van der Waals surface area contributed by atoms with E-state index in [1.807, 2.05) is 0 Å². The van der Waals surface area contributed by atoms with Crippen molar-refractivity contribution in [2.24, 2.45) is 0 Å². The number of carbonyl (C=O) groups is 1. The van der Waals surface area contributed by atoms with Crippen LogP contribution < -0.4 is 0 Å². The van der Waals surface area contributed by atoms with Gasteiger partial charge in [-0.2, -0.15) is 0 Å². The van der Waals surface area contributed by atoms with Crippen LogP contribution in [0.3, 0.4) is 0 Å². The van der Waals surface area contributed by atoms with Crippen LogP contribution >= 0.6 is 0 Å². The first-order valence-electron chi connectivity index (χ1n) is 7.45. The molecule has 2 nitrogen and oxygen atoms in total. The third-order valence-corrected chi connectivity index (χ3v) is 2.97. The topological polar surface area (TPSA) is 37.3 Å². The van der Waals surface area contributed by atoms with Crippen LogP contribution in [0.25, 0.3) is 0 Å². The molecule has 0 fully saturated rings. The molecule has 1 N–H and O–H groups in total. The average Bonchev–Trinajstić information content (AvgIpc) is 2.34. The van der Waals surface area contributed by atoms with E-state index in [-0.39, 0.29) is 0 Å². The molecule has 0 aliphatic rings. The zero-order valence-corrected chi connectivity index (χ0v) is 11.8. The van der Waals surface area contributed by atoms with Gasteiger partial charge in [-0.15, -0.1) is 11.8 Å². The number of hydrogen-bond acceptors (Lipinski definition) is 1. The van der Waals surface area contributed by atoms with E-state index in [1.54, 1.807) is 0 Å². The highest BCUT2D eigenvalue weighted by molar-refractivity contribution is 5.66. The quantitative estimate of drug-likeness (QED) is 0.424. The predicted molar refractivity (Wildman–Crippen MR) is 76.5 cm³/mol. The van der Waals surface area contributed by atoms with Crippen LogP contribution in [0, 0.1) is 11.8 Å². The van der Waals surface area contributed by atoms with Gasteiger partial charge < -0.3 is 5.11 Å². The fourth-order valence-electron chi connectivity index (χ4n) is 1.84. The normalized spacial score (nSPS) is 9.83. The molecule has 0 aromatic heterocycles. The second kappa shape index (κ2) is 14.1. The molecular formula is C16H28O2. The Morgan fingerprint density at radius 2 is 1.33 bits per heavy atom. The standard InChI is InChI=1S/C16H28O2/c1-2-3-4-5-6-7-8-9-10-11-12-13-14-15-16(17)18/h2-5,8-15H2,1H3,(H,17,18). The summed E-state index contributed by atoms with van der Waals surface area (Å²) in [5.74, 6) is 5.79. The Morgan fingerprint density at radius 3 is 1.89 bits per heavy atom. The highest BCUT2D eigenvalue weighted by Gasteiger charge is 1.96. The van der Waals surface area contributed by atoms with Crippen molar-refractivity contribution in [2.45, 2.75) is 84.0 Å². The van der Waals surface area contributed by atoms with Crippen molar-refractivity contribution in [3.63, 3.8) is 0 Å². The molecule has 0 spiro atoms. The van der Waals surface area contributed by atoms with Crippen molar-refractivity contribution < 1.29 is 9.90 Å². The van der Waals surface area contributed by atoms with Gasteiger partial charge in [0.15, 0.2) is 0 Å². The van der Waals surface area contributed by atoms with E-state index in [9.17, 15) is 4.79 Å². The number of carboxylic acid groups (broad SMARTS) is 1. The van der Waals surface area contributed by atoms with Gasteiger partial charge in [0.25, 0.3) is 0 Å². The SMILES string of the molecule is CCCCCC#CCCCCCCCCC(=O)O. The van der Waals surface area contributed by atoms with Gasteiger partial charge in [0.05, 0.1) is 0 Å². The van der Waals surface area contributed by atoms with Crippen molar-refractivity contribution in [3.8, 4) is 11.8 Å². The largest absolute Gasteiger partial charge is 0.481 e. The molecule has 18 heavy (non-hydrogen) atoms. The number of aliphatic carboxylic acids is 1. The Morgan fingerprint density at radius 1 is 0.833 bits per heavy atom. The maximum atomic E-state index is 10.3. The molecule has 0 unspecified atom stereocenters. The molecule has 0 aliphatic heterocycles. The minimum absolute atomic E-state index is 0.323. The summed E-state index contributed by atoms with van der Waals surface area (Å²) in [5.41, 5.74) is 0. The summed E-state index contributed by atoms with van der Waals surface area (Å²) in [6.45, 7) is 2.21. The minimum atomic E-state index is -0.673. The molecule has 0 atom stereocenters. The molecule has 0 aromatic rings. The third-order valence-electron chi connectivity index (χ3n) is 2.97. The van der Waals surface area contributed by atoms with Gasteiger partial charge in [-0.3, -0.25) is 4.79 Å². The van der Waals surface area contributed by atoms with Gasteiger partial charge in [0.1, 0.15) is 0 Å². The number of carboxylic acids is 1. The lowest BCUT2D eigenvalue weighted by atomic mass is 10.1. The van der Waals surface area contributed by atoms with Gasteiger partial charge in [-0.25, -0.2) is 0 Å². The lowest BCUT2D eigenvalue weighted by molar-refractivity contribution is -0.137. The van der Waals surface area contributed by atoms with Crippen LogP contribution in [-0.4, -0.2) is 11.1 Å². The second-order valence-corrected chi connectivity index (χ2v) is 4.83. The summed E-state index contributed by atoms with van der Waals surface area (Å²) in [6, 6.07) is 0. The van der Waals surface area contributed by atoms with E-state index < -0.39 is 5.97 Å². The monoisotopic (exact) mass is 252 g/mol. The number of rotatable bonds is 11. The maximum Gasteiger partial charge on any atom is 0.303 e. The molecule has 104 valence electrons. The van der Waals surface area contributed by atoms with Crippen LogP contribution in [0.2, 0.25) is 0 Å². The van der Waals surface area contributed by atoms with Crippen LogP contribution in [0.15, 0.2) is 0 Å². The van der Waals surface area contributed by atoms with Crippen LogP contribution in [0.4, 0.5) is 0 Å². The Bertz CT molecular complexity index is 248. The summed E-state index contributed by atoms with van der Waals surface area (Å²) in [5, 5.41) is 8.48. The summed E-state index contributed by atoms with van der Waals surface area (Å²) in [6.07, 6.45) is 12.9. The van der Waals surface area contributed by atoms with E-state index in [1.165, 1.54) is 38.5 Å². The highest BCUT2D eigenvalue weighted by Crippen LogP contribution is 2.08. The molecule has 0 aromatic carbocycles. The van der Waals surface area contributed by atoms with Gasteiger partial charge in [0.2, 0.25) is 0 Å². The van der Waals surface area contributed by atoms with Crippen molar-refractivity contribution in [1.82, 2.24) is 0 Å². The van der Waals surface area contributed by atoms with E-state index in [0.717, 1.165) is 32.1 Å². The predicted octanol–water partition coefficient (Wildman–Crippen LogP) is 4.78. The Hall–Kier alpha value is -0.970. The van der Waals surface area contributed by atoms with Crippen LogP contribution in [-0.2, 0) is 4.79 Å². The fourth-order valence-corrected chi connectivity index (χ4v) is 1.84. The zero-order chi connectivity index (χ0) is 13.5. The first-order valence-corrected chi connectivity index (χ1v) is 7.45. The highest BCUT2D eigenvalue weighted by atomic mass is 16.4. The molecule has 0 bridgehead atoms. The lowest BCUT2D eigenvalue weighted by Gasteiger charge is -1.98. The molecule has 2 heteroatoms. The van der Waals surface area contributed by atoms with Crippen molar-refractivity contribution in [1.29, 1.82) is 0 Å². The first-order chi connectivity index (χ1) is 8.77. The average molecular weight is 252 g/mol. The zero-order valence-electron chi connectivity index (χ0n) is 11.8. The number of hydrogen-bond donors (Lipinski definition) is 1. The molecule has 0 aliphatic carbocycles. The first kappa shape index (κ1) is 17.0. The van der Waals surface area contributed by atoms with Crippen LogP contribution in [0.1, 0.15) is 84.0 Å². The van der Waals surface area contributed by atoms with Gasteiger partial charge in [-0.05, 0) is 19.3 Å². The van der Waals surface area contributed by atoms with E-state index in [0.29, 0.717) is 6.42 Å².